The molecule has 1 aliphatic rings. The Kier molecular flexibility index (Phi) is 11.9. The Balaban J connectivity index is 0.00000364. The van der Waals surface area contributed by atoms with Crippen molar-refractivity contribution in [3.63, 3.8) is 0 Å². The number of piperidine rings is 1. The molecule has 0 aromatic heterocycles. The van der Waals surface area contributed by atoms with Crippen molar-refractivity contribution in [3.05, 3.63) is 34.3 Å². The van der Waals surface area contributed by atoms with Gasteiger partial charge in [0.05, 0.1) is 0 Å². The highest BCUT2D eigenvalue weighted by atomic mass is 127. The van der Waals surface area contributed by atoms with Gasteiger partial charge in [-0.25, -0.2) is 0 Å². The van der Waals surface area contributed by atoms with Crippen molar-refractivity contribution < 1.29 is 4.79 Å². The Hall–Kier alpha value is -0.870. The van der Waals surface area contributed by atoms with Crippen LogP contribution >= 0.6 is 39.9 Å². The molecule has 1 aromatic rings. The highest BCUT2D eigenvalue weighted by Gasteiger charge is 2.19. The van der Waals surface area contributed by atoms with Crippen molar-refractivity contribution in [2.75, 3.05) is 39.8 Å². The number of carbonyl (C=O) groups is 1. The molecule has 0 spiro atoms. The zero-order valence-corrected chi connectivity index (χ0v) is 20.0. The van der Waals surface area contributed by atoms with Crippen LogP contribution in [0.15, 0.2) is 33.7 Å². The third-order valence-corrected chi connectivity index (χ3v) is 5.03. The van der Waals surface area contributed by atoms with E-state index < -0.39 is 0 Å². The third kappa shape index (κ3) is 8.78. The number of likely N-dealkylation sites (tertiary alicyclic amines) is 1. The van der Waals surface area contributed by atoms with E-state index in [2.05, 4.69) is 48.7 Å². The van der Waals surface area contributed by atoms with E-state index in [1.807, 2.05) is 12.1 Å². The maximum absolute atomic E-state index is 12.1. The summed E-state index contributed by atoms with van der Waals surface area (Å²) in [4.78, 5) is 18.9. The molecule has 27 heavy (non-hydrogen) atoms. The minimum Gasteiger partial charge on any atom is -0.355 e. The first-order valence-corrected chi connectivity index (χ1v) is 10.1. The van der Waals surface area contributed by atoms with Gasteiger partial charge in [0.1, 0.15) is 0 Å². The molecule has 0 radical (unpaired) electrons. The monoisotopic (exact) mass is 551 g/mol. The van der Waals surface area contributed by atoms with Crippen molar-refractivity contribution >= 4 is 51.8 Å². The molecule has 0 aliphatic carbocycles. The second-order valence-corrected chi connectivity index (χ2v) is 7.44. The standard InChI is InChI=1S/C19H30BrN5O.HI/c1-3-12-25-13-8-17(9-14-25)24-19(21-2)23-11-10-22-18(26)15-4-6-16(20)7-5-15;/h4-7,17H,3,8-14H2,1-2H3,(H,22,26)(H2,21,23,24);1H. The molecule has 6 nitrogen and oxygen atoms in total. The van der Waals surface area contributed by atoms with Crippen LogP contribution < -0.4 is 16.0 Å². The molecule has 8 heteroatoms. The van der Waals surface area contributed by atoms with Crippen molar-refractivity contribution in [1.82, 2.24) is 20.9 Å². The number of rotatable bonds is 7. The molecule has 1 aromatic carbocycles. The van der Waals surface area contributed by atoms with Crippen LogP contribution in [-0.4, -0.2) is 62.6 Å². The summed E-state index contributed by atoms with van der Waals surface area (Å²) in [7, 11) is 1.78. The Morgan fingerprint density at radius 3 is 2.41 bits per heavy atom. The third-order valence-electron chi connectivity index (χ3n) is 4.50. The van der Waals surface area contributed by atoms with E-state index in [4.69, 9.17) is 0 Å². The van der Waals surface area contributed by atoms with E-state index in [9.17, 15) is 4.79 Å². The van der Waals surface area contributed by atoms with Gasteiger partial charge in [-0.3, -0.25) is 9.79 Å². The number of nitrogens with zero attached hydrogens (tertiary/aromatic N) is 2. The van der Waals surface area contributed by atoms with Crippen LogP contribution in [-0.2, 0) is 0 Å². The Bertz CT molecular complexity index is 588. The molecular weight excluding hydrogens is 521 g/mol. The quantitative estimate of drug-likeness (QED) is 0.211. The van der Waals surface area contributed by atoms with E-state index >= 15 is 0 Å². The average Bonchev–Trinajstić information content (AvgIpc) is 2.66. The Morgan fingerprint density at radius 2 is 1.81 bits per heavy atom. The molecule has 1 heterocycles. The van der Waals surface area contributed by atoms with Crippen LogP contribution in [0.5, 0.6) is 0 Å². The lowest BCUT2D eigenvalue weighted by molar-refractivity contribution is 0.0954. The van der Waals surface area contributed by atoms with Gasteiger partial charge < -0.3 is 20.9 Å². The lowest BCUT2D eigenvalue weighted by Crippen LogP contribution is -2.49. The first-order chi connectivity index (χ1) is 12.6. The van der Waals surface area contributed by atoms with Gasteiger partial charge in [-0.2, -0.15) is 0 Å². The predicted molar refractivity (Wildman–Crippen MR) is 126 cm³/mol. The molecule has 3 N–H and O–H groups in total. The highest BCUT2D eigenvalue weighted by molar-refractivity contribution is 14.0. The number of aliphatic imine (C=N–C) groups is 1. The molecular formula is C19H31BrIN5O. The highest BCUT2D eigenvalue weighted by Crippen LogP contribution is 2.11. The fourth-order valence-electron chi connectivity index (χ4n) is 3.07. The van der Waals surface area contributed by atoms with Crippen LogP contribution in [0.25, 0.3) is 0 Å². The van der Waals surface area contributed by atoms with E-state index in [0.717, 1.165) is 36.4 Å². The maximum atomic E-state index is 12.1. The van der Waals surface area contributed by atoms with Crippen molar-refractivity contribution in [2.45, 2.75) is 32.2 Å². The van der Waals surface area contributed by atoms with E-state index in [1.165, 1.54) is 13.0 Å². The van der Waals surface area contributed by atoms with Gasteiger partial charge in [-0.15, -0.1) is 24.0 Å². The van der Waals surface area contributed by atoms with Gasteiger partial charge in [-0.05, 0) is 50.1 Å². The van der Waals surface area contributed by atoms with Gasteiger partial charge >= 0.3 is 0 Å². The van der Waals surface area contributed by atoms with Crippen LogP contribution in [0.3, 0.4) is 0 Å². The summed E-state index contributed by atoms with van der Waals surface area (Å²) >= 11 is 3.37. The number of guanidine groups is 1. The van der Waals surface area contributed by atoms with Crippen molar-refractivity contribution in [3.8, 4) is 0 Å². The number of benzene rings is 1. The second-order valence-electron chi connectivity index (χ2n) is 6.52. The van der Waals surface area contributed by atoms with Gasteiger partial charge in [0, 0.05) is 49.3 Å². The first-order valence-electron chi connectivity index (χ1n) is 9.35. The topological polar surface area (TPSA) is 68.8 Å². The molecule has 0 saturated carbocycles. The number of halogens is 2. The molecule has 0 unspecified atom stereocenters. The van der Waals surface area contributed by atoms with Gasteiger partial charge in [0.25, 0.3) is 5.91 Å². The fraction of sp³-hybridized carbons (Fsp3) is 0.579. The minimum atomic E-state index is -0.0643. The summed E-state index contributed by atoms with van der Waals surface area (Å²) < 4.78 is 0.964. The maximum Gasteiger partial charge on any atom is 0.251 e. The molecule has 0 atom stereocenters. The lowest BCUT2D eigenvalue weighted by Gasteiger charge is -2.32. The fourth-order valence-corrected chi connectivity index (χ4v) is 3.33. The summed E-state index contributed by atoms with van der Waals surface area (Å²) in [5.74, 6) is 0.738. The smallest absolute Gasteiger partial charge is 0.251 e. The predicted octanol–water partition coefficient (Wildman–Crippen LogP) is 2.84. The summed E-state index contributed by atoms with van der Waals surface area (Å²) in [5, 5.41) is 9.68. The molecule has 1 saturated heterocycles. The van der Waals surface area contributed by atoms with Gasteiger partial charge in [-0.1, -0.05) is 22.9 Å². The summed E-state index contributed by atoms with van der Waals surface area (Å²) in [6.45, 7) is 6.89. The summed E-state index contributed by atoms with van der Waals surface area (Å²) in [6.07, 6.45) is 3.50. The second kappa shape index (κ2) is 13.3. The number of hydrogen-bond donors (Lipinski definition) is 3. The lowest BCUT2D eigenvalue weighted by atomic mass is 10.1. The SMILES string of the molecule is CCCN1CCC(NC(=NC)NCCNC(=O)c2ccc(Br)cc2)CC1.I. The van der Waals surface area contributed by atoms with E-state index in [1.54, 1.807) is 19.2 Å². The molecule has 1 amide bonds. The molecule has 0 bridgehead atoms. The van der Waals surface area contributed by atoms with Gasteiger partial charge in [0.2, 0.25) is 0 Å². The first kappa shape index (κ1) is 24.2. The normalized spacial score (nSPS) is 15.7. The summed E-state index contributed by atoms with van der Waals surface area (Å²) in [6, 6.07) is 7.80. The van der Waals surface area contributed by atoms with E-state index in [-0.39, 0.29) is 29.9 Å². The Morgan fingerprint density at radius 1 is 1.19 bits per heavy atom. The van der Waals surface area contributed by atoms with Crippen LogP contribution in [0, 0.1) is 0 Å². The number of nitrogens with one attached hydrogen (secondary N) is 3. The number of carbonyl (C=O) groups excluding carboxylic acids is 1. The zero-order valence-electron chi connectivity index (χ0n) is 16.1. The summed E-state index contributed by atoms with van der Waals surface area (Å²) in [5.41, 5.74) is 0.662. The van der Waals surface area contributed by atoms with Crippen molar-refractivity contribution in [2.24, 2.45) is 4.99 Å². The average molecular weight is 552 g/mol. The molecule has 1 fully saturated rings. The van der Waals surface area contributed by atoms with E-state index in [0.29, 0.717) is 24.7 Å². The minimum absolute atomic E-state index is 0. The zero-order chi connectivity index (χ0) is 18.8. The largest absolute Gasteiger partial charge is 0.355 e. The van der Waals surface area contributed by atoms with Crippen LogP contribution in [0.1, 0.15) is 36.5 Å². The van der Waals surface area contributed by atoms with Crippen LogP contribution in [0.4, 0.5) is 0 Å². The molecule has 2 rings (SSSR count). The Labute approximate surface area is 188 Å². The number of hydrogen-bond acceptors (Lipinski definition) is 3. The van der Waals surface area contributed by atoms with Crippen LogP contribution in [0.2, 0.25) is 0 Å². The molecule has 152 valence electrons. The van der Waals surface area contributed by atoms with Crippen molar-refractivity contribution in [1.29, 1.82) is 0 Å². The molecule has 1 aliphatic heterocycles. The number of amides is 1. The van der Waals surface area contributed by atoms with Gasteiger partial charge in [0.15, 0.2) is 5.96 Å².